The maximum Gasteiger partial charge on any atom is 0.310 e. The van der Waals surface area contributed by atoms with Gasteiger partial charge in [0.2, 0.25) is 0 Å². The van der Waals surface area contributed by atoms with E-state index >= 15 is 0 Å². The van der Waals surface area contributed by atoms with Crippen molar-refractivity contribution < 1.29 is 24.2 Å². The summed E-state index contributed by atoms with van der Waals surface area (Å²) in [6.07, 6.45) is 54.5. The van der Waals surface area contributed by atoms with Gasteiger partial charge in [-0.3, -0.25) is 9.59 Å². The summed E-state index contributed by atoms with van der Waals surface area (Å²) in [6.45, 7) is 3.78. The molecular formula is C43H66O5. The van der Waals surface area contributed by atoms with E-state index in [1.54, 1.807) is 6.08 Å². The molecule has 0 aliphatic heterocycles. The Kier molecular flexibility index (Phi) is 35.3. The van der Waals surface area contributed by atoms with E-state index in [1.807, 2.05) is 6.08 Å². The Morgan fingerprint density at radius 2 is 0.896 bits per heavy atom. The van der Waals surface area contributed by atoms with Crippen LogP contribution >= 0.6 is 0 Å². The van der Waals surface area contributed by atoms with Crippen LogP contribution < -0.4 is 0 Å². The molecule has 0 aromatic rings. The summed E-state index contributed by atoms with van der Waals surface area (Å²) >= 11 is 0. The summed E-state index contributed by atoms with van der Waals surface area (Å²) in [4.78, 5) is 24.2. The minimum Gasteiger partial charge on any atom is -0.462 e. The van der Waals surface area contributed by atoms with Crippen molar-refractivity contribution in [3.05, 3.63) is 109 Å². The molecule has 1 N–H and O–H groups in total. The number of hydrogen-bond acceptors (Lipinski definition) is 5. The van der Waals surface area contributed by atoms with Crippen molar-refractivity contribution in [2.45, 2.75) is 136 Å². The standard InChI is InChI=1S/C43H66O5/c1-3-5-7-9-11-13-15-17-19-20-21-22-24-25-27-29-31-33-35-37-42(45)47-40-41(39-44)48-43(46)38-36-34-32-30-28-26-23-18-16-14-12-10-8-6-4-2/h5-8,11-14,17-19,21-23,28,30,34,36,41,44H,3-4,9-10,15-16,20,24-27,29,31-33,35,37-40H2,1-2H3/b7-5-,8-6-,13-11-,14-12-,19-17-,22-21-,23-18-,30-28-,36-34-. The number of aliphatic hydroxyl groups is 1. The lowest BCUT2D eigenvalue weighted by molar-refractivity contribution is -0.160. The highest BCUT2D eigenvalue weighted by molar-refractivity contribution is 5.71. The first-order valence-corrected chi connectivity index (χ1v) is 18.4. The van der Waals surface area contributed by atoms with Gasteiger partial charge < -0.3 is 14.6 Å². The Morgan fingerprint density at radius 1 is 0.500 bits per heavy atom. The minimum absolute atomic E-state index is 0.113. The van der Waals surface area contributed by atoms with Crippen LogP contribution in [0.5, 0.6) is 0 Å². The van der Waals surface area contributed by atoms with E-state index in [0.29, 0.717) is 6.42 Å². The molecule has 0 bridgehead atoms. The Balaban J connectivity index is 3.76. The zero-order valence-corrected chi connectivity index (χ0v) is 30.2. The Bertz CT molecular complexity index is 1020. The lowest BCUT2D eigenvalue weighted by Gasteiger charge is -2.15. The largest absolute Gasteiger partial charge is 0.462 e. The van der Waals surface area contributed by atoms with Crippen LogP contribution in [0.25, 0.3) is 0 Å². The van der Waals surface area contributed by atoms with Crippen LogP contribution in [0.4, 0.5) is 0 Å². The van der Waals surface area contributed by atoms with E-state index in [-0.39, 0.29) is 25.6 Å². The summed E-state index contributed by atoms with van der Waals surface area (Å²) in [5.74, 6) is -0.768. The molecule has 0 aliphatic carbocycles. The van der Waals surface area contributed by atoms with Crippen LogP contribution in [0.1, 0.15) is 129 Å². The quantitative estimate of drug-likeness (QED) is 0.0454. The molecule has 0 fully saturated rings. The van der Waals surface area contributed by atoms with Gasteiger partial charge in [-0.15, -0.1) is 0 Å². The van der Waals surface area contributed by atoms with Gasteiger partial charge >= 0.3 is 11.9 Å². The van der Waals surface area contributed by atoms with Gasteiger partial charge in [0.1, 0.15) is 6.61 Å². The second kappa shape index (κ2) is 38.0. The lowest BCUT2D eigenvalue weighted by Crippen LogP contribution is -2.28. The van der Waals surface area contributed by atoms with Crippen LogP contribution in [-0.4, -0.2) is 36.4 Å². The summed E-state index contributed by atoms with van der Waals surface area (Å²) in [5.41, 5.74) is 0. The minimum atomic E-state index is -0.839. The van der Waals surface area contributed by atoms with Crippen molar-refractivity contribution >= 4 is 11.9 Å². The topological polar surface area (TPSA) is 72.8 Å². The second-order valence-corrected chi connectivity index (χ2v) is 11.6. The number of ether oxygens (including phenoxy) is 2. The maximum absolute atomic E-state index is 12.1. The van der Waals surface area contributed by atoms with Crippen LogP contribution in [0.2, 0.25) is 0 Å². The average molecular weight is 663 g/mol. The van der Waals surface area contributed by atoms with Crippen LogP contribution in [-0.2, 0) is 19.1 Å². The zero-order valence-electron chi connectivity index (χ0n) is 30.2. The van der Waals surface area contributed by atoms with Gasteiger partial charge in [-0.25, -0.2) is 0 Å². The fourth-order valence-corrected chi connectivity index (χ4v) is 4.38. The Morgan fingerprint density at radius 3 is 1.35 bits per heavy atom. The molecule has 0 aliphatic rings. The van der Waals surface area contributed by atoms with Crippen molar-refractivity contribution in [2.75, 3.05) is 13.2 Å². The smallest absolute Gasteiger partial charge is 0.310 e. The van der Waals surface area contributed by atoms with Crippen LogP contribution in [0.15, 0.2) is 109 Å². The van der Waals surface area contributed by atoms with Gasteiger partial charge in [-0.05, 0) is 77.0 Å². The molecule has 268 valence electrons. The van der Waals surface area contributed by atoms with Crippen molar-refractivity contribution in [1.29, 1.82) is 0 Å². The molecular weight excluding hydrogens is 596 g/mol. The third-order valence-electron chi connectivity index (χ3n) is 7.09. The number of hydrogen-bond donors (Lipinski definition) is 1. The maximum atomic E-state index is 12.1. The second-order valence-electron chi connectivity index (χ2n) is 11.6. The monoisotopic (exact) mass is 662 g/mol. The number of esters is 2. The summed E-state index contributed by atoms with van der Waals surface area (Å²) in [7, 11) is 0. The Labute approximate surface area is 293 Å². The highest BCUT2D eigenvalue weighted by Gasteiger charge is 2.15. The fraction of sp³-hybridized carbons (Fsp3) is 0.535. The first-order chi connectivity index (χ1) is 23.6. The molecule has 0 spiro atoms. The molecule has 48 heavy (non-hydrogen) atoms. The number of carbonyl (C=O) groups excluding carboxylic acids is 2. The Hall–Kier alpha value is -3.44. The molecule has 1 atom stereocenters. The fourth-order valence-electron chi connectivity index (χ4n) is 4.38. The molecule has 0 amide bonds. The molecule has 1 unspecified atom stereocenters. The van der Waals surface area contributed by atoms with Gasteiger partial charge in [0.25, 0.3) is 0 Å². The van der Waals surface area contributed by atoms with E-state index in [4.69, 9.17) is 9.47 Å². The van der Waals surface area contributed by atoms with Crippen LogP contribution in [0.3, 0.4) is 0 Å². The average Bonchev–Trinajstić information content (AvgIpc) is 3.09. The number of aliphatic hydroxyl groups excluding tert-OH is 1. The molecule has 0 rings (SSSR count). The van der Waals surface area contributed by atoms with Gasteiger partial charge in [-0.1, -0.05) is 149 Å². The van der Waals surface area contributed by atoms with E-state index in [9.17, 15) is 14.7 Å². The number of allylic oxidation sites excluding steroid dienone is 17. The van der Waals surface area contributed by atoms with E-state index < -0.39 is 12.1 Å². The molecule has 5 heteroatoms. The number of carbonyl (C=O) groups is 2. The first-order valence-electron chi connectivity index (χ1n) is 18.4. The molecule has 0 saturated carbocycles. The SMILES string of the molecule is CC/C=C\C/C=C\C/C=C\C/C=C\C/C=C\CC(=O)OC(CO)COC(=O)CCCCCCCC/C=C\C/C=C\C/C=C\C/C=C\CC. The summed E-state index contributed by atoms with van der Waals surface area (Å²) < 4.78 is 10.5. The van der Waals surface area contributed by atoms with Gasteiger partial charge in [0.05, 0.1) is 13.0 Å². The predicted octanol–water partition coefficient (Wildman–Crippen LogP) is 11.5. The van der Waals surface area contributed by atoms with E-state index in [1.165, 1.54) is 19.3 Å². The van der Waals surface area contributed by atoms with E-state index in [2.05, 4.69) is 111 Å². The molecule has 0 aromatic carbocycles. The molecule has 5 nitrogen and oxygen atoms in total. The van der Waals surface area contributed by atoms with Crippen molar-refractivity contribution in [2.24, 2.45) is 0 Å². The van der Waals surface area contributed by atoms with Crippen molar-refractivity contribution in [3.63, 3.8) is 0 Å². The van der Waals surface area contributed by atoms with Gasteiger partial charge in [0.15, 0.2) is 6.10 Å². The van der Waals surface area contributed by atoms with Crippen LogP contribution in [0, 0.1) is 0 Å². The molecule has 0 heterocycles. The summed E-state index contributed by atoms with van der Waals surface area (Å²) in [6, 6.07) is 0. The zero-order chi connectivity index (χ0) is 35.0. The number of rotatable bonds is 31. The predicted molar refractivity (Wildman–Crippen MR) is 205 cm³/mol. The molecule has 0 aromatic heterocycles. The number of unbranched alkanes of at least 4 members (excludes halogenated alkanes) is 6. The third-order valence-corrected chi connectivity index (χ3v) is 7.09. The highest BCUT2D eigenvalue weighted by atomic mass is 16.6. The first kappa shape index (κ1) is 44.6. The highest BCUT2D eigenvalue weighted by Crippen LogP contribution is 2.10. The van der Waals surface area contributed by atoms with E-state index in [0.717, 1.165) is 83.5 Å². The lowest BCUT2D eigenvalue weighted by atomic mass is 10.1. The van der Waals surface area contributed by atoms with Gasteiger partial charge in [-0.2, -0.15) is 0 Å². The molecule has 0 saturated heterocycles. The third kappa shape index (κ3) is 35.4. The van der Waals surface area contributed by atoms with Gasteiger partial charge in [0, 0.05) is 6.42 Å². The summed E-state index contributed by atoms with van der Waals surface area (Å²) in [5, 5.41) is 9.52. The molecule has 0 radical (unpaired) electrons. The van der Waals surface area contributed by atoms with Crippen molar-refractivity contribution in [3.8, 4) is 0 Å². The van der Waals surface area contributed by atoms with Crippen molar-refractivity contribution in [1.82, 2.24) is 0 Å². The normalized spacial score (nSPS) is 13.5.